The summed E-state index contributed by atoms with van der Waals surface area (Å²) in [5.74, 6) is 2.52. The molecule has 0 aliphatic heterocycles. The molecule has 1 aromatic heterocycles. The van der Waals surface area contributed by atoms with Crippen molar-refractivity contribution in [3.8, 4) is 0 Å². The third-order valence-corrected chi connectivity index (χ3v) is 5.08. The van der Waals surface area contributed by atoms with Gasteiger partial charge >= 0.3 is 0 Å². The molecule has 0 spiro atoms. The summed E-state index contributed by atoms with van der Waals surface area (Å²) in [6, 6.07) is 9.54. The smallest absolute Gasteiger partial charge is 0.230 e. The molecular weight excluding hydrogens is 298 g/mol. The summed E-state index contributed by atoms with van der Waals surface area (Å²) >= 11 is 0. The first-order valence-electron chi connectivity index (χ1n) is 9.25. The van der Waals surface area contributed by atoms with Crippen LogP contribution in [0, 0.1) is 12.8 Å². The van der Waals surface area contributed by atoms with Crippen LogP contribution in [-0.4, -0.2) is 10.2 Å². The van der Waals surface area contributed by atoms with Gasteiger partial charge in [0, 0.05) is 13.0 Å². The van der Waals surface area contributed by atoms with Gasteiger partial charge in [-0.15, -0.1) is 10.2 Å². The molecule has 1 heterocycles. The summed E-state index contributed by atoms with van der Waals surface area (Å²) in [7, 11) is 0. The first kappa shape index (κ1) is 17.2. The lowest BCUT2D eigenvalue weighted by molar-refractivity contribution is 0.373. The Labute approximate surface area is 145 Å². The van der Waals surface area contributed by atoms with Crippen LogP contribution in [0.1, 0.15) is 80.8 Å². The minimum Gasteiger partial charge on any atom is -0.424 e. The average Bonchev–Trinajstić information content (AvgIpc) is 3.01. The van der Waals surface area contributed by atoms with Crippen molar-refractivity contribution >= 4 is 0 Å². The van der Waals surface area contributed by atoms with Crippen LogP contribution >= 0.6 is 0 Å². The molecule has 1 N–H and O–H groups in total. The van der Waals surface area contributed by atoms with E-state index in [2.05, 4.69) is 53.6 Å². The molecule has 0 radical (unpaired) electrons. The Kier molecular flexibility index (Phi) is 5.67. The van der Waals surface area contributed by atoms with Gasteiger partial charge in [0.15, 0.2) is 0 Å². The zero-order chi connectivity index (χ0) is 16.9. The van der Waals surface area contributed by atoms with Crippen molar-refractivity contribution in [1.29, 1.82) is 0 Å². The Bertz CT molecular complexity index is 627. The molecule has 24 heavy (non-hydrogen) atoms. The van der Waals surface area contributed by atoms with Crippen LogP contribution in [0.2, 0.25) is 0 Å². The largest absolute Gasteiger partial charge is 0.424 e. The minimum atomic E-state index is 0.289. The molecule has 0 bridgehead atoms. The summed E-state index contributed by atoms with van der Waals surface area (Å²) in [5, 5.41) is 11.5. The Hall–Kier alpha value is -1.68. The lowest BCUT2D eigenvalue weighted by atomic mass is 9.83. The molecule has 1 aromatic carbocycles. The number of rotatable bonds is 6. The summed E-state index contributed by atoms with van der Waals surface area (Å²) in [6.07, 6.45) is 6.87. The first-order chi connectivity index (χ1) is 11.6. The molecule has 1 saturated carbocycles. The van der Waals surface area contributed by atoms with Gasteiger partial charge in [-0.1, -0.05) is 57.4 Å². The Morgan fingerprint density at radius 3 is 2.38 bits per heavy atom. The van der Waals surface area contributed by atoms with E-state index in [1.165, 1.54) is 43.2 Å². The normalized spacial score (nSPS) is 17.3. The van der Waals surface area contributed by atoms with E-state index in [1.54, 1.807) is 0 Å². The molecule has 0 saturated heterocycles. The van der Waals surface area contributed by atoms with Gasteiger partial charge in [0.1, 0.15) is 0 Å². The van der Waals surface area contributed by atoms with Crippen molar-refractivity contribution in [3.63, 3.8) is 0 Å². The second kappa shape index (κ2) is 7.93. The molecule has 4 nitrogen and oxygen atoms in total. The Morgan fingerprint density at radius 1 is 1.08 bits per heavy atom. The van der Waals surface area contributed by atoms with Gasteiger partial charge in [-0.05, 0) is 35.8 Å². The second-order valence-electron chi connectivity index (χ2n) is 7.32. The number of aromatic nitrogens is 2. The predicted molar refractivity (Wildman–Crippen MR) is 95.7 cm³/mol. The highest BCUT2D eigenvalue weighted by molar-refractivity contribution is 5.28. The van der Waals surface area contributed by atoms with Crippen molar-refractivity contribution < 1.29 is 4.42 Å². The summed E-state index contributed by atoms with van der Waals surface area (Å²) in [6.45, 7) is 6.91. The molecule has 2 aromatic rings. The fourth-order valence-electron chi connectivity index (χ4n) is 3.76. The maximum absolute atomic E-state index is 5.46. The van der Waals surface area contributed by atoms with Crippen LogP contribution in [0.3, 0.4) is 0 Å². The molecule has 1 aliphatic carbocycles. The molecule has 1 atom stereocenters. The minimum absolute atomic E-state index is 0.289. The predicted octanol–water partition coefficient (Wildman–Crippen LogP) is 4.91. The molecular formula is C20H29N3O. The Morgan fingerprint density at radius 2 is 1.79 bits per heavy atom. The van der Waals surface area contributed by atoms with E-state index in [4.69, 9.17) is 4.42 Å². The van der Waals surface area contributed by atoms with E-state index < -0.39 is 0 Å². The third-order valence-electron chi connectivity index (χ3n) is 5.08. The van der Waals surface area contributed by atoms with Crippen LogP contribution in [0.15, 0.2) is 28.7 Å². The standard InChI is InChI=1S/C20H29N3O/c1-14(2)20(21-13-19-23-22-15(3)24-19)18-11-9-17(10-12-18)16-7-5-4-6-8-16/h9-12,14,16,20-21H,4-8,13H2,1-3H3. The highest BCUT2D eigenvalue weighted by atomic mass is 16.4. The average molecular weight is 327 g/mol. The fourth-order valence-corrected chi connectivity index (χ4v) is 3.76. The van der Waals surface area contributed by atoms with E-state index in [0.717, 1.165) is 5.92 Å². The van der Waals surface area contributed by atoms with Gasteiger partial charge in [-0.25, -0.2) is 0 Å². The van der Waals surface area contributed by atoms with Crippen LogP contribution in [0.5, 0.6) is 0 Å². The number of hydrogen-bond donors (Lipinski definition) is 1. The van der Waals surface area contributed by atoms with E-state index in [9.17, 15) is 0 Å². The summed E-state index contributed by atoms with van der Waals surface area (Å²) < 4.78 is 5.46. The fraction of sp³-hybridized carbons (Fsp3) is 0.600. The van der Waals surface area contributed by atoms with Crippen LogP contribution < -0.4 is 5.32 Å². The van der Waals surface area contributed by atoms with Crippen LogP contribution in [0.4, 0.5) is 0 Å². The van der Waals surface area contributed by atoms with Crippen molar-refractivity contribution in [2.45, 2.75) is 71.4 Å². The van der Waals surface area contributed by atoms with Crippen molar-refractivity contribution in [2.75, 3.05) is 0 Å². The second-order valence-corrected chi connectivity index (χ2v) is 7.32. The lowest BCUT2D eigenvalue weighted by Crippen LogP contribution is -2.25. The quantitative estimate of drug-likeness (QED) is 0.819. The molecule has 130 valence electrons. The highest BCUT2D eigenvalue weighted by Crippen LogP contribution is 2.33. The number of nitrogens with one attached hydrogen (secondary N) is 1. The van der Waals surface area contributed by atoms with Crippen molar-refractivity contribution in [3.05, 3.63) is 47.2 Å². The van der Waals surface area contributed by atoms with Gasteiger partial charge in [-0.2, -0.15) is 0 Å². The molecule has 1 unspecified atom stereocenters. The molecule has 1 aliphatic rings. The highest BCUT2D eigenvalue weighted by Gasteiger charge is 2.19. The maximum Gasteiger partial charge on any atom is 0.230 e. The van der Waals surface area contributed by atoms with Gasteiger partial charge in [0.05, 0.1) is 6.54 Å². The topological polar surface area (TPSA) is 51.0 Å². The monoisotopic (exact) mass is 327 g/mol. The molecule has 0 amide bonds. The van der Waals surface area contributed by atoms with Gasteiger partial charge in [-0.3, -0.25) is 0 Å². The third kappa shape index (κ3) is 4.23. The zero-order valence-electron chi connectivity index (χ0n) is 15.1. The first-order valence-corrected chi connectivity index (χ1v) is 9.25. The summed E-state index contributed by atoms with van der Waals surface area (Å²) in [4.78, 5) is 0. The SMILES string of the molecule is Cc1nnc(CNC(c2ccc(C3CCCCC3)cc2)C(C)C)o1. The van der Waals surface area contributed by atoms with Crippen molar-refractivity contribution in [2.24, 2.45) is 5.92 Å². The van der Waals surface area contributed by atoms with E-state index >= 15 is 0 Å². The maximum atomic E-state index is 5.46. The van der Waals surface area contributed by atoms with Gasteiger partial charge in [0.2, 0.25) is 11.8 Å². The Balaban J connectivity index is 1.66. The molecule has 1 fully saturated rings. The molecule has 3 rings (SSSR count). The van der Waals surface area contributed by atoms with Gasteiger partial charge < -0.3 is 9.73 Å². The summed E-state index contributed by atoms with van der Waals surface area (Å²) in [5.41, 5.74) is 2.84. The molecule has 4 heteroatoms. The lowest BCUT2D eigenvalue weighted by Gasteiger charge is -2.25. The number of nitrogens with zero attached hydrogens (tertiary/aromatic N) is 2. The van der Waals surface area contributed by atoms with Gasteiger partial charge in [0.25, 0.3) is 0 Å². The number of hydrogen-bond acceptors (Lipinski definition) is 4. The zero-order valence-corrected chi connectivity index (χ0v) is 15.1. The van der Waals surface area contributed by atoms with E-state index in [0.29, 0.717) is 24.2 Å². The van der Waals surface area contributed by atoms with E-state index in [1.807, 2.05) is 6.92 Å². The van der Waals surface area contributed by atoms with Crippen LogP contribution in [-0.2, 0) is 6.54 Å². The van der Waals surface area contributed by atoms with E-state index in [-0.39, 0.29) is 6.04 Å². The van der Waals surface area contributed by atoms with Crippen LogP contribution in [0.25, 0.3) is 0 Å². The van der Waals surface area contributed by atoms with Crippen molar-refractivity contribution in [1.82, 2.24) is 15.5 Å². The number of benzene rings is 1. The number of aryl methyl sites for hydroxylation is 1.